The zero-order valence-corrected chi connectivity index (χ0v) is 20.6. The number of carbonyl (C=O) groups excluding carboxylic acids is 1. The largest absolute Gasteiger partial charge is 0.488 e. The molecular formula is C26H32N6O3. The van der Waals surface area contributed by atoms with E-state index in [2.05, 4.69) is 15.3 Å². The Morgan fingerprint density at radius 3 is 2.77 bits per heavy atom. The zero-order chi connectivity index (χ0) is 24.4. The third-order valence-corrected chi connectivity index (χ3v) is 7.23. The molecule has 0 radical (unpaired) electrons. The molecule has 1 spiro atoms. The van der Waals surface area contributed by atoms with Crippen molar-refractivity contribution in [3.05, 3.63) is 53.6 Å². The topological polar surface area (TPSA) is 95.3 Å². The highest BCUT2D eigenvalue weighted by molar-refractivity contribution is 5.67. The Kier molecular flexibility index (Phi) is 6.40. The van der Waals surface area contributed by atoms with Crippen LogP contribution in [0.4, 0.5) is 4.79 Å². The first kappa shape index (κ1) is 23.3. The van der Waals surface area contributed by atoms with Crippen LogP contribution in [0.5, 0.6) is 5.75 Å². The summed E-state index contributed by atoms with van der Waals surface area (Å²) in [4.78, 5) is 23.0. The van der Waals surface area contributed by atoms with Gasteiger partial charge in [0.1, 0.15) is 29.8 Å². The summed E-state index contributed by atoms with van der Waals surface area (Å²) in [6.45, 7) is 2.35. The monoisotopic (exact) mass is 476 g/mol. The van der Waals surface area contributed by atoms with Gasteiger partial charge in [0.15, 0.2) is 0 Å². The highest BCUT2D eigenvalue weighted by Gasteiger charge is 2.56. The number of aryl methyl sites for hydroxylation is 2. The Balaban J connectivity index is 1.23. The van der Waals surface area contributed by atoms with Gasteiger partial charge in [0, 0.05) is 25.7 Å². The Labute approximate surface area is 205 Å². The lowest BCUT2D eigenvalue weighted by Gasteiger charge is -2.22. The Bertz CT molecular complexity index is 1190. The van der Waals surface area contributed by atoms with Crippen molar-refractivity contribution in [3.63, 3.8) is 0 Å². The van der Waals surface area contributed by atoms with Crippen LogP contribution in [0.1, 0.15) is 55.6 Å². The summed E-state index contributed by atoms with van der Waals surface area (Å²) in [7, 11) is 3.46. The van der Waals surface area contributed by atoms with Crippen LogP contribution in [0.25, 0.3) is 11.4 Å². The molecule has 0 aromatic carbocycles. The van der Waals surface area contributed by atoms with Crippen LogP contribution in [0, 0.1) is 12.3 Å². The third-order valence-electron chi connectivity index (χ3n) is 7.23. The normalized spacial score (nSPS) is 18.3. The summed E-state index contributed by atoms with van der Waals surface area (Å²) in [5.74, 6) is 0.828. The van der Waals surface area contributed by atoms with Gasteiger partial charge in [0.05, 0.1) is 23.6 Å². The van der Waals surface area contributed by atoms with Gasteiger partial charge in [-0.1, -0.05) is 30.5 Å². The molecular weight excluding hydrogens is 444 g/mol. The second-order valence-electron chi connectivity index (χ2n) is 9.75. The van der Waals surface area contributed by atoms with Gasteiger partial charge in [0.2, 0.25) is 0 Å². The Morgan fingerprint density at radius 1 is 1.20 bits per heavy atom. The average molecular weight is 477 g/mol. The van der Waals surface area contributed by atoms with Crippen molar-refractivity contribution in [2.24, 2.45) is 12.5 Å². The van der Waals surface area contributed by atoms with E-state index in [1.54, 1.807) is 25.0 Å². The first-order valence-electron chi connectivity index (χ1n) is 12.3. The van der Waals surface area contributed by atoms with Crippen LogP contribution < -0.4 is 4.74 Å². The smallest absolute Gasteiger partial charge is 0.410 e. The van der Waals surface area contributed by atoms with Gasteiger partial charge >= 0.3 is 6.09 Å². The van der Waals surface area contributed by atoms with E-state index in [1.165, 1.54) is 37.0 Å². The quantitative estimate of drug-likeness (QED) is 0.497. The fraction of sp³-hybridized carbons (Fsp3) is 0.500. The molecule has 3 heterocycles. The van der Waals surface area contributed by atoms with Crippen LogP contribution >= 0.6 is 0 Å². The summed E-state index contributed by atoms with van der Waals surface area (Å²) < 4.78 is 13.5. The van der Waals surface area contributed by atoms with Gasteiger partial charge in [-0.15, -0.1) is 5.10 Å². The van der Waals surface area contributed by atoms with E-state index < -0.39 is 6.09 Å². The summed E-state index contributed by atoms with van der Waals surface area (Å²) >= 11 is 0. The molecule has 5 rings (SSSR count). The molecule has 3 aromatic rings. The molecule has 1 amide bonds. The molecule has 2 aliphatic rings. The van der Waals surface area contributed by atoms with Gasteiger partial charge in [-0.3, -0.25) is 4.98 Å². The van der Waals surface area contributed by atoms with Crippen molar-refractivity contribution < 1.29 is 14.3 Å². The molecule has 184 valence electrons. The molecule has 2 fully saturated rings. The molecule has 1 atom stereocenters. The predicted octanol–water partition coefficient (Wildman–Crippen LogP) is 4.45. The maximum absolute atomic E-state index is 12.5. The van der Waals surface area contributed by atoms with E-state index >= 15 is 0 Å². The van der Waals surface area contributed by atoms with Crippen molar-refractivity contribution in [1.29, 1.82) is 0 Å². The van der Waals surface area contributed by atoms with E-state index in [-0.39, 0.29) is 6.61 Å². The molecule has 0 bridgehead atoms. The SMILES string of the molecule is Cc1nc(-c2nnn(C)c2COC(=O)N(C)Cc2ccccn2)ccc1O[C@H]1CC12CCCCC2. The summed E-state index contributed by atoms with van der Waals surface area (Å²) in [5.41, 5.74) is 3.96. The van der Waals surface area contributed by atoms with Crippen LogP contribution in [-0.4, -0.2) is 49.1 Å². The van der Waals surface area contributed by atoms with E-state index in [9.17, 15) is 4.79 Å². The van der Waals surface area contributed by atoms with Crippen molar-refractivity contribution in [1.82, 2.24) is 29.9 Å². The molecule has 0 saturated heterocycles. The highest BCUT2D eigenvalue weighted by Crippen LogP contribution is 2.58. The van der Waals surface area contributed by atoms with Crippen molar-refractivity contribution in [2.45, 2.75) is 64.7 Å². The van der Waals surface area contributed by atoms with Crippen LogP contribution in [0.2, 0.25) is 0 Å². The standard InChI is InChI=1S/C26H32N6O3/c1-18-22(35-23-15-26(23)12-6-4-7-13-26)11-10-20(28-18)24-21(32(3)30-29-24)17-34-25(33)31(2)16-19-9-5-8-14-27-19/h5,8-11,14,23H,4,6-7,12-13,15-17H2,1-3H3/t23-/m0/s1. The number of carbonyl (C=O) groups is 1. The Morgan fingerprint density at radius 2 is 2.03 bits per heavy atom. The minimum Gasteiger partial charge on any atom is -0.488 e. The zero-order valence-electron chi connectivity index (χ0n) is 20.6. The second-order valence-corrected chi connectivity index (χ2v) is 9.75. The molecule has 3 aromatic heterocycles. The number of aromatic nitrogens is 5. The van der Waals surface area contributed by atoms with Gasteiger partial charge < -0.3 is 14.4 Å². The number of pyridine rings is 2. The van der Waals surface area contributed by atoms with E-state index in [0.29, 0.717) is 35.1 Å². The van der Waals surface area contributed by atoms with Crippen LogP contribution in [-0.2, 0) is 24.9 Å². The van der Waals surface area contributed by atoms with Crippen LogP contribution in [0.15, 0.2) is 36.5 Å². The first-order chi connectivity index (χ1) is 16.9. The summed E-state index contributed by atoms with van der Waals surface area (Å²) in [6, 6.07) is 9.47. The summed E-state index contributed by atoms with van der Waals surface area (Å²) in [5, 5.41) is 8.42. The minimum absolute atomic E-state index is 0.0355. The number of ether oxygens (including phenoxy) is 2. The fourth-order valence-electron chi connectivity index (χ4n) is 4.99. The highest BCUT2D eigenvalue weighted by atomic mass is 16.6. The molecule has 0 unspecified atom stereocenters. The number of hydrogen-bond acceptors (Lipinski definition) is 7. The van der Waals surface area contributed by atoms with E-state index in [1.807, 2.05) is 37.3 Å². The second kappa shape index (κ2) is 9.64. The lowest BCUT2D eigenvalue weighted by Crippen LogP contribution is -2.27. The average Bonchev–Trinajstić information content (AvgIpc) is 3.37. The van der Waals surface area contributed by atoms with E-state index in [4.69, 9.17) is 14.5 Å². The van der Waals surface area contributed by atoms with Crippen LogP contribution in [0.3, 0.4) is 0 Å². The number of nitrogens with zero attached hydrogens (tertiary/aromatic N) is 6. The maximum atomic E-state index is 12.5. The van der Waals surface area contributed by atoms with Gasteiger partial charge in [-0.25, -0.2) is 14.5 Å². The van der Waals surface area contributed by atoms with Crippen molar-refractivity contribution in [3.8, 4) is 17.1 Å². The molecule has 0 aliphatic heterocycles. The molecule has 9 heteroatoms. The first-order valence-corrected chi connectivity index (χ1v) is 12.3. The maximum Gasteiger partial charge on any atom is 0.410 e. The third kappa shape index (κ3) is 4.99. The number of rotatable bonds is 7. The molecule has 2 saturated carbocycles. The molecule has 35 heavy (non-hydrogen) atoms. The van der Waals surface area contributed by atoms with E-state index in [0.717, 1.165) is 23.6 Å². The predicted molar refractivity (Wildman–Crippen MR) is 129 cm³/mol. The lowest BCUT2D eigenvalue weighted by atomic mass is 9.86. The molecule has 0 N–H and O–H groups in total. The van der Waals surface area contributed by atoms with Gasteiger partial charge in [0.25, 0.3) is 0 Å². The number of amides is 1. The fourth-order valence-corrected chi connectivity index (χ4v) is 4.99. The van der Waals surface area contributed by atoms with Crippen molar-refractivity contribution in [2.75, 3.05) is 7.05 Å². The van der Waals surface area contributed by atoms with Gasteiger partial charge in [-0.05, 0) is 50.5 Å². The Hall–Kier alpha value is -3.49. The lowest BCUT2D eigenvalue weighted by molar-refractivity contribution is 0.100. The number of hydrogen-bond donors (Lipinski definition) is 0. The van der Waals surface area contributed by atoms with Crippen molar-refractivity contribution >= 4 is 6.09 Å². The molecule has 9 nitrogen and oxygen atoms in total. The molecule has 2 aliphatic carbocycles. The minimum atomic E-state index is -0.447. The van der Waals surface area contributed by atoms with Gasteiger partial charge in [-0.2, -0.15) is 0 Å². The summed E-state index contributed by atoms with van der Waals surface area (Å²) in [6.07, 6.45) is 9.25.